The topological polar surface area (TPSA) is 79.5 Å². The highest BCUT2D eigenvalue weighted by atomic mass is 16.5. The van der Waals surface area contributed by atoms with Crippen molar-refractivity contribution in [2.45, 2.75) is 58.0 Å². The predicted octanol–water partition coefficient (Wildman–Crippen LogP) is 2.30. The van der Waals surface area contributed by atoms with E-state index in [-0.39, 0.29) is 23.9 Å². The number of piperidine rings is 1. The van der Waals surface area contributed by atoms with E-state index in [0.717, 1.165) is 37.1 Å². The van der Waals surface area contributed by atoms with Crippen LogP contribution in [0, 0.1) is 0 Å². The number of amides is 2. The molecular formula is C20H31N3O3. The Hall–Kier alpha value is -2.08. The highest BCUT2D eigenvalue weighted by Gasteiger charge is 2.19. The monoisotopic (exact) mass is 361 g/mol. The Morgan fingerprint density at radius 1 is 1.27 bits per heavy atom. The van der Waals surface area contributed by atoms with Crippen molar-refractivity contribution in [3.63, 3.8) is 0 Å². The van der Waals surface area contributed by atoms with Crippen LogP contribution in [0.4, 0.5) is 0 Å². The van der Waals surface area contributed by atoms with Crippen LogP contribution in [-0.4, -0.2) is 37.6 Å². The molecule has 1 aliphatic heterocycles. The van der Waals surface area contributed by atoms with Crippen molar-refractivity contribution >= 4 is 11.8 Å². The summed E-state index contributed by atoms with van der Waals surface area (Å²) < 4.78 is 5.42. The van der Waals surface area contributed by atoms with Crippen molar-refractivity contribution < 1.29 is 14.3 Å². The summed E-state index contributed by atoms with van der Waals surface area (Å²) in [6, 6.07) is 7.63. The van der Waals surface area contributed by atoms with Gasteiger partial charge in [0.25, 0.3) is 0 Å². The highest BCUT2D eigenvalue weighted by molar-refractivity contribution is 5.82. The summed E-state index contributed by atoms with van der Waals surface area (Å²) in [5, 5.41) is 9.13. The maximum atomic E-state index is 12.1. The molecule has 2 atom stereocenters. The van der Waals surface area contributed by atoms with Gasteiger partial charge < -0.3 is 20.7 Å². The van der Waals surface area contributed by atoms with Gasteiger partial charge in [-0.25, -0.2) is 0 Å². The van der Waals surface area contributed by atoms with Crippen molar-refractivity contribution in [2.75, 3.05) is 19.7 Å². The number of rotatable bonds is 9. The van der Waals surface area contributed by atoms with E-state index in [1.165, 1.54) is 0 Å². The van der Waals surface area contributed by atoms with E-state index < -0.39 is 0 Å². The lowest BCUT2D eigenvalue weighted by atomic mass is 10.0. The van der Waals surface area contributed by atoms with Gasteiger partial charge in [0.05, 0.1) is 18.7 Å². The van der Waals surface area contributed by atoms with Crippen molar-refractivity contribution in [2.24, 2.45) is 0 Å². The number of hydrogen-bond acceptors (Lipinski definition) is 4. The van der Waals surface area contributed by atoms with Crippen LogP contribution >= 0.6 is 0 Å². The Labute approximate surface area is 156 Å². The Bertz CT molecular complexity index is 568. The smallest absolute Gasteiger partial charge is 0.237 e. The van der Waals surface area contributed by atoms with E-state index in [1.54, 1.807) is 0 Å². The van der Waals surface area contributed by atoms with Crippen molar-refractivity contribution in [1.82, 2.24) is 16.0 Å². The quantitative estimate of drug-likeness (QED) is 0.590. The number of benzene rings is 1. The van der Waals surface area contributed by atoms with E-state index in [9.17, 15) is 9.59 Å². The molecule has 0 bridgehead atoms. The molecular weight excluding hydrogens is 330 g/mol. The standard InChI is InChI=1S/C20H31N3O3/c1-3-26-17-11-9-16(10-12-17)15(2)23-19(24)8-6-14-22-20(25)18-7-4-5-13-21-18/h9-12,15,18,21H,3-8,13-14H2,1-2H3,(H,22,25)(H,23,24). The van der Waals surface area contributed by atoms with E-state index in [1.807, 2.05) is 38.1 Å². The van der Waals surface area contributed by atoms with Crippen LogP contribution in [0.2, 0.25) is 0 Å². The second-order valence-corrected chi connectivity index (χ2v) is 6.69. The van der Waals surface area contributed by atoms with Gasteiger partial charge >= 0.3 is 0 Å². The van der Waals surface area contributed by atoms with Crippen molar-refractivity contribution in [1.29, 1.82) is 0 Å². The van der Waals surface area contributed by atoms with Gasteiger partial charge in [0, 0.05) is 13.0 Å². The number of carbonyl (C=O) groups is 2. The molecule has 2 unspecified atom stereocenters. The van der Waals surface area contributed by atoms with Gasteiger partial charge in [0.2, 0.25) is 11.8 Å². The summed E-state index contributed by atoms with van der Waals surface area (Å²) in [5.74, 6) is 0.877. The molecule has 0 spiro atoms. The second kappa shape index (κ2) is 10.8. The summed E-state index contributed by atoms with van der Waals surface area (Å²) in [7, 11) is 0. The van der Waals surface area contributed by atoms with Crippen LogP contribution in [-0.2, 0) is 9.59 Å². The molecule has 3 N–H and O–H groups in total. The first-order chi connectivity index (χ1) is 12.6. The summed E-state index contributed by atoms with van der Waals surface area (Å²) in [6.45, 7) is 5.99. The minimum absolute atomic E-state index is 0.00331. The second-order valence-electron chi connectivity index (χ2n) is 6.69. The summed E-state index contributed by atoms with van der Waals surface area (Å²) in [6.07, 6.45) is 4.17. The molecule has 2 amide bonds. The lowest BCUT2D eigenvalue weighted by Crippen LogP contribution is -2.46. The predicted molar refractivity (Wildman–Crippen MR) is 102 cm³/mol. The maximum Gasteiger partial charge on any atom is 0.237 e. The van der Waals surface area contributed by atoms with Crippen LogP contribution in [0.5, 0.6) is 5.75 Å². The molecule has 6 heteroatoms. The first-order valence-corrected chi connectivity index (χ1v) is 9.63. The molecule has 1 heterocycles. The largest absolute Gasteiger partial charge is 0.494 e. The Morgan fingerprint density at radius 2 is 2.04 bits per heavy atom. The molecule has 1 saturated heterocycles. The number of ether oxygens (including phenoxy) is 1. The average Bonchev–Trinajstić information content (AvgIpc) is 2.66. The van der Waals surface area contributed by atoms with Gasteiger partial charge in [-0.2, -0.15) is 0 Å². The minimum Gasteiger partial charge on any atom is -0.494 e. The molecule has 26 heavy (non-hydrogen) atoms. The fraction of sp³-hybridized carbons (Fsp3) is 0.600. The molecule has 6 nitrogen and oxygen atoms in total. The van der Waals surface area contributed by atoms with Crippen LogP contribution < -0.4 is 20.7 Å². The summed E-state index contributed by atoms with van der Waals surface area (Å²) in [4.78, 5) is 24.1. The van der Waals surface area contributed by atoms with Crippen molar-refractivity contribution in [3.05, 3.63) is 29.8 Å². The van der Waals surface area contributed by atoms with E-state index in [2.05, 4.69) is 16.0 Å². The maximum absolute atomic E-state index is 12.1. The van der Waals surface area contributed by atoms with E-state index in [0.29, 0.717) is 26.0 Å². The van der Waals surface area contributed by atoms with Gasteiger partial charge in [-0.05, 0) is 57.4 Å². The Morgan fingerprint density at radius 3 is 2.69 bits per heavy atom. The van der Waals surface area contributed by atoms with Gasteiger partial charge in [0.15, 0.2) is 0 Å². The molecule has 2 rings (SSSR count). The minimum atomic E-state index is -0.0720. The van der Waals surface area contributed by atoms with E-state index >= 15 is 0 Å². The highest BCUT2D eigenvalue weighted by Crippen LogP contribution is 2.17. The molecule has 0 radical (unpaired) electrons. The zero-order valence-electron chi connectivity index (χ0n) is 15.8. The summed E-state index contributed by atoms with van der Waals surface area (Å²) >= 11 is 0. The van der Waals surface area contributed by atoms with Crippen LogP contribution in [0.15, 0.2) is 24.3 Å². The molecule has 0 aliphatic carbocycles. The SMILES string of the molecule is CCOc1ccc(C(C)NC(=O)CCCNC(=O)C2CCCCN2)cc1. The van der Waals surface area contributed by atoms with Crippen molar-refractivity contribution in [3.8, 4) is 5.75 Å². The van der Waals surface area contributed by atoms with Gasteiger partial charge in [0.1, 0.15) is 5.75 Å². The van der Waals surface area contributed by atoms with Gasteiger partial charge in [-0.1, -0.05) is 18.6 Å². The number of hydrogen-bond donors (Lipinski definition) is 3. The molecule has 1 aromatic rings. The molecule has 0 aromatic heterocycles. The third kappa shape index (κ3) is 6.67. The van der Waals surface area contributed by atoms with E-state index in [4.69, 9.17) is 4.74 Å². The number of nitrogens with one attached hydrogen (secondary N) is 3. The lowest BCUT2D eigenvalue weighted by Gasteiger charge is -2.22. The van der Waals surface area contributed by atoms with Crippen LogP contribution in [0.1, 0.15) is 57.6 Å². The lowest BCUT2D eigenvalue weighted by molar-refractivity contribution is -0.124. The molecule has 1 aliphatic rings. The molecule has 1 fully saturated rings. The fourth-order valence-corrected chi connectivity index (χ4v) is 3.08. The molecule has 144 valence electrons. The molecule has 0 saturated carbocycles. The first-order valence-electron chi connectivity index (χ1n) is 9.63. The molecule has 1 aromatic carbocycles. The van der Waals surface area contributed by atoms with Gasteiger partial charge in [-0.15, -0.1) is 0 Å². The Balaban J connectivity index is 1.63. The third-order valence-electron chi connectivity index (χ3n) is 4.58. The Kier molecular flexibility index (Phi) is 8.41. The first kappa shape index (κ1) is 20.2. The zero-order chi connectivity index (χ0) is 18.8. The van der Waals surface area contributed by atoms with Gasteiger partial charge in [-0.3, -0.25) is 9.59 Å². The fourth-order valence-electron chi connectivity index (χ4n) is 3.08. The zero-order valence-corrected chi connectivity index (χ0v) is 15.8. The average molecular weight is 361 g/mol. The van der Waals surface area contributed by atoms with Crippen LogP contribution in [0.3, 0.4) is 0 Å². The summed E-state index contributed by atoms with van der Waals surface area (Å²) in [5.41, 5.74) is 1.04. The van der Waals surface area contributed by atoms with Crippen LogP contribution in [0.25, 0.3) is 0 Å². The normalized spacial score (nSPS) is 18.0. The number of carbonyl (C=O) groups excluding carboxylic acids is 2. The third-order valence-corrected chi connectivity index (χ3v) is 4.58.